The van der Waals surface area contributed by atoms with Crippen molar-refractivity contribution in [3.63, 3.8) is 0 Å². The van der Waals surface area contributed by atoms with Gasteiger partial charge in [-0.05, 0) is 37.1 Å². The standard InChI is InChI=1S/C19H23FN2/c1-19(2)14-22(13-15-8-10-17(20)11-9-15)18(12-21-19)16-6-4-3-5-7-16/h3-11,18,21H,12-14H2,1-2H3. The van der Waals surface area contributed by atoms with Gasteiger partial charge in [-0.25, -0.2) is 4.39 Å². The van der Waals surface area contributed by atoms with Gasteiger partial charge in [-0.3, -0.25) is 4.90 Å². The van der Waals surface area contributed by atoms with Crippen molar-refractivity contribution in [3.05, 3.63) is 71.5 Å². The van der Waals surface area contributed by atoms with Gasteiger partial charge in [0.1, 0.15) is 5.82 Å². The number of halogens is 1. The Bertz CT molecular complexity index is 607. The van der Waals surface area contributed by atoms with Crippen LogP contribution >= 0.6 is 0 Å². The first kappa shape index (κ1) is 15.2. The molecule has 1 N–H and O–H groups in total. The first-order valence-corrected chi connectivity index (χ1v) is 7.82. The fourth-order valence-corrected chi connectivity index (χ4v) is 3.17. The zero-order valence-corrected chi connectivity index (χ0v) is 13.2. The van der Waals surface area contributed by atoms with Crippen LogP contribution in [0.3, 0.4) is 0 Å². The van der Waals surface area contributed by atoms with Crippen LogP contribution < -0.4 is 5.32 Å². The third-order valence-electron chi connectivity index (χ3n) is 4.30. The van der Waals surface area contributed by atoms with E-state index in [1.807, 2.05) is 18.2 Å². The third-order valence-corrected chi connectivity index (χ3v) is 4.30. The van der Waals surface area contributed by atoms with E-state index < -0.39 is 0 Å². The Hall–Kier alpha value is -1.71. The minimum Gasteiger partial charge on any atom is -0.309 e. The molecule has 0 aliphatic carbocycles. The van der Waals surface area contributed by atoms with E-state index in [0.29, 0.717) is 6.04 Å². The first-order valence-electron chi connectivity index (χ1n) is 7.82. The van der Waals surface area contributed by atoms with Crippen molar-refractivity contribution in [1.29, 1.82) is 0 Å². The van der Waals surface area contributed by atoms with Crippen molar-refractivity contribution in [2.75, 3.05) is 13.1 Å². The van der Waals surface area contributed by atoms with Crippen molar-refractivity contribution < 1.29 is 4.39 Å². The summed E-state index contributed by atoms with van der Waals surface area (Å²) in [7, 11) is 0. The summed E-state index contributed by atoms with van der Waals surface area (Å²) in [6.07, 6.45) is 0. The largest absolute Gasteiger partial charge is 0.309 e. The Morgan fingerprint density at radius 3 is 2.45 bits per heavy atom. The van der Waals surface area contributed by atoms with Crippen LogP contribution in [0.5, 0.6) is 0 Å². The van der Waals surface area contributed by atoms with Crippen molar-refractivity contribution in [2.45, 2.75) is 32.0 Å². The van der Waals surface area contributed by atoms with Gasteiger partial charge in [0.15, 0.2) is 0 Å². The summed E-state index contributed by atoms with van der Waals surface area (Å²) in [5.41, 5.74) is 2.57. The number of nitrogens with one attached hydrogen (secondary N) is 1. The summed E-state index contributed by atoms with van der Waals surface area (Å²) in [5.74, 6) is -0.177. The Morgan fingerprint density at radius 1 is 1.09 bits per heavy atom. The molecule has 1 atom stereocenters. The summed E-state index contributed by atoms with van der Waals surface area (Å²) < 4.78 is 13.1. The lowest BCUT2D eigenvalue weighted by atomic mass is 9.94. The van der Waals surface area contributed by atoms with Gasteiger partial charge in [0.05, 0.1) is 0 Å². The quantitative estimate of drug-likeness (QED) is 0.928. The van der Waals surface area contributed by atoms with Crippen molar-refractivity contribution in [1.82, 2.24) is 10.2 Å². The van der Waals surface area contributed by atoms with E-state index in [9.17, 15) is 4.39 Å². The van der Waals surface area contributed by atoms with Gasteiger partial charge in [-0.2, -0.15) is 0 Å². The second-order valence-electron chi connectivity index (χ2n) is 6.72. The molecule has 1 saturated heterocycles. The number of benzene rings is 2. The van der Waals surface area contributed by atoms with Gasteiger partial charge in [0, 0.05) is 31.2 Å². The monoisotopic (exact) mass is 298 g/mol. The number of piperazine rings is 1. The molecular formula is C19H23FN2. The van der Waals surface area contributed by atoms with Crippen LogP contribution in [-0.2, 0) is 6.54 Å². The molecule has 0 amide bonds. The first-order chi connectivity index (χ1) is 10.5. The molecule has 1 aliphatic rings. The molecule has 0 saturated carbocycles. The lowest BCUT2D eigenvalue weighted by Crippen LogP contribution is -2.57. The molecule has 1 aliphatic heterocycles. The molecule has 1 fully saturated rings. The minimum absolute atomic E-state index is 0.0886. The molecule has 0 spiro atoms. The van der Waals surface area contributed by atoms with E-state index in [0.717, 1.165) is 25.2 Å². The zero-order chi connectivity index (χ0) is 15.6. The van der Waals surface area contributed by atoms with E-state index in [1.54, 1.807) is 12.1 Å². The number of hydrogen-bond acceptors (Lipinski definition) is 2. The van der Waals surface area contributed by atoms with Crippen LogP contribution in [0.4, 0.5) is 4.39 Å². The van der Waals surface area contributed by atoms with Crippen molar-refractivity contribution >= 4 is 0 Å². The Labute approximate surface area is 132 Å². The molecule has 0 aromatic heterocycles. The van der Waals surface area contributed by atoms with E-state index >= 15 is 0 Å². The lowest BCUT2D eigenvalue weighted by molar-refractivity contribution is 0.0880. The number of hydrogen-bond donors (Lipinski definition) is 1. The smallest absolute Gasteiger partial charge is 0.123 e. The summed E-state index contributed by atoms with van der Waals surface area (Å²) in [6, 6.07) is 17.8. The SMILES string of the molecule is CC1(C)CN(Cc2ccc(F)cc2)C(c2ccccc2)CN1. The average Bonchev–Trinajstić information content (AvgIpc) is 2.50. The molecule has 22 heavy (non-hydrogen) atoms. The van der Waals surface area contributed by atoms with E-state index in [1.165, 1.54) is 5.56 Å². The molecule has 1 heterocycles. The fraction of sp³-hybridized carbons (Fsp3) is 0.368. The van der Waals surface area contributed by atoms with Crippen LogP contribution in [0.2, 0.25) is 0 Å². The molecule has 116 valence electrons. The second-order valence-corrected chi connectivity index (χ2v) is 6.72. The van der Waals surface area contributed by atoms with E-state index in [2.05, 4.69) is 48.3 Å². The summed E-state index contributed by atoms with van der Waals surface area (Å²) in [5, 5.41) is 3.63. The Balaban J connectivity index is 1.83. The predicted octanol–water partition coefficient (Wildman–Crippen LogP) is 3.75. The van der Waals surface area contributed by atoms with E-state index in [4.69, 9.17) is 0 Å². The highest BCUT2D eigenvalue weighted by Crippen LogP contribution is 2.28. The van der Waals surface area contributed by atoms with Crippen LogP contribution in [0, 0.1) is 5.82 Å². The maximum Gasteiger partial charge on any atom is 0.123 e. The maximum atomic E-state index is 13.1. The van der Waals surface area contributed by atoms with Gasteiger partial charge >= 0.3 is 0 Å². The Morgan fingerprint density at radius 2 is 1.77 bits per heavy atom. The topological polar surface area (TPSA) is 15.3 Å². The third kappa shape index (κ3) is 3.54. The van der Waals surface area contributed by atoms with Gasteiger partial charge in [-0.1, -0.05) is 42.5 Å². The molecule has 2 nitrogen and oxygen atoms in total. The minimum atomic E-state index is -0.177. The molecule has 2 aromatic carbocycles. The van der Waals surface area contributed by atoms with E-state index in [-0.39, 0.29) is 11.4 Å². The molecule has 3 heteroatoms. The molecular weight excluding hydrogens is 275 g/mol. The van der Waals surface area contributed by atoms with Gasteiger partial charge in [0.2, 0.25) is 0 Å². The second kappa shape index (κ2) is 6.19. The highest BCUT2D eigenvalue weighted by molar-refractivity contribution is 5.22. The zero-order valence-electron chi connectivity index (χ0n) is 13.2. The molecule has 0 bridgehead atoms. The van der Waals surface area contributed by atoms with Gasteiger partial charge in [0.25, 0.3) is 0 Å². The molecule has 3 rings (SSSR count). The highest BCUT2D eigenvalue weighted by atomic mass is 19.1. The summed E-state index contributed by atoms with van der Waals surface area (Å²) in [6.45, 7) is 7.19. The van der Waals surface area contributed by atoms with Crippen LogP contribution in [0.25, 0.3) is 0 Å². The molecule has 1 unspecified atom stereocenters. The lowest BCUT2D eigenvalue weighted by Gasteiger charge is -2.45. The number of rotatable bonds is 3. The summed E-state index contributed by atoms with van der Waals surface area (Å²) >= 11 is 0. The van der Waals surface area contributed by atoms with Crippen molar-refractivity contribution in [3.8, 4) is 0 Å². The Kier molecular flexibility index (Phi) is 4.27. The van der Waals surface area contributed by atoms with Crippen LogP contribution in [0.1, 0.15) is 31.0 Å². The number of nitrogens with zero attached hydrogens (tertiary/aromatic N) is 1. The van der Waals surface area contributed by atoms with Gasteiger partial charge in [-0.15, -0.1) is 0 Å². The maximum absolute atomic E-state index is 13.1. The average molecular weight is 298 g/mol. The normalized spacial score (nSPS) is 21.7. The molecule has 2 aromatic rings. The van der Waals surface area contributed by atoms with Gasteiger partial charge < -0.3 is 5.32 Å². The van der Waals surface area contributed by atoms with Crippen LogP contribution in [0.15, 0.2) is 54.6 Å². The van der Waals surface area contributed by atoms with Crippen molar-refractivity contribution in [2.24, 2.45) is 0 Å². The highest BCUT2D eigenvalue weighted by Gasteiger charge is 2.33. The summed E-state index contributed by atoms with van der Waals surface area (Å²) in [4.78, 5) is 2.49. The van der Waals surface area contributed by atoms with Crippen LogP contribution in [-0.4, -0.2) is 23.5 Å². The predicted molar refractivity (Wildman–Crippen MR) is 88.1 cm³/mol. The molecule has 0 radical (unpaired) electrons. The fourth-order valence-electron chi connectivity index (χ4n) is 3.17.